The molecule has 0 radical (unpaired) electrons. The number of nitrogens with zero attached hydrogens (tertiary/aromatic N) is 6. The predicted octanol–water partition coefficient (Wildman–Crippen LogP) is 6.54. The number of rotatable bonds is 16. The Labute approximate surface area is 415 Å². The third kappa shape index (κ3) is 10.6. The van der Waals surface area contributed by atoms with E-state index in [2.05, 4.69) is 24.7 Å². The van der Waals surface area contributed by atoms with Crippen LogP contribution in [0.3, 0.4) is 0 Å². The average Bonchev–Trinajstić information content (AvgIpc) is 4.32. The van der Waals surface area contributed by atoms with Crippen LogP contribution in [0.15, 0.2) is 145 Å². The molecule has 20 heteroatoms. The van der Waals surface area contributed by atoms with Crippen LogP contribution in [0.25, 0.3) is 22.3 Å². The van der Waals surface area contributed by atoms with Crippen molar-refractivity contribution in [1.29, 1.82) is 0 Å². The lowest BCUT2D eigenvalue weighted by atomic mass is 10.1. The number of H-pyrrole nitrogens is 2. The zero-order chi connectivity index (χ0) is 51.0. The molecule has 17 nitrogen and oxygen atoms in total. The summed E-state index contributed by atoms with van der Waals surface area (Å²) in [7, 11) is -2.36. The zero-order valence-electron chi connectivity index (χ0n) is 39.6. The first kappa shape index (κ1) is 48.2. The monoisotopic (exact) mass is 1010 g/mol. The van der Waals surface area contributed by atoms with Gasteiger partial charge in [0.15, 0.2) is 11.3 Å². The molecule has 2 aliphatic rings. The Hall–Kier alpha value is -8.39. The van der Waals surface area contributed by atoms with E-state index in [4.69, 9.17) is 10.5 Å². The van der Waals surface area contributed by atoms with Crippen LogP contribution in [-0.4, -0.2) is 53.7 Å². The number of aromatic amines is 2. The smallest absolute Gasteiger partial charge is 0.333 e. The van der Waals surface area contributed by atoms with Crippen LogP contribution in [0.4, 0.5) is 20.2 Å². The maximum Gasteiger partial charge on any atom is 0.333 e. The number of ether oxygens (including phenoxy) is 1. The van der Waals surface area contributed by atoms with Gasteiger partial charge >= 0.3 is 11.4 Å². The normalized spacial score (nSPS) is 13.5. The Balaban J connectivity index is 0.000000175. The molecular weight excluding hydrogens is 959 g/mol. The molecule has 374 valence electrons. The van der Waals surface area contributed by atoms with Gasteiger partial charge in [-0.2, -0.15) is 0 Å². The Bertz CT molecular complexity index is 3890. The molecule has 73 heavy (non-hydrogen) atoms. The molecule has 0 spiro atoms. The van der Waals surface area contributed by atoms with Gasteiger partial charge < -0.3 is 20.4 Å². The first-order chi connectivity index (χ1) is 35.2. The number of sulfonamides is 1. The average molecular weight is 1010 g/mol. The number of benzene rings is 5. The molecule has 0 bridgehead atoms. The van der Waals surface area contributed by atoms with Gasteiger partial charge in [-0.3, -0.25) is 32.6 Å². The molecule has 2 aliphatic carbocycles. The van der Waals surface area contributed by atoms with Gasteiger partial charge in [-0.25, -0.2) is 36.8 Å². The molecular formula is C53H50F2N10O7S. The molecule has 4 aromatic heterocycles. The van der Waals surface area contributed by atoms with Crippen molar-refractivity contribution in [3.05, 3.63) is 209 Å². The number of halogens is 2. The number of hydrogen-bond acceptors (Lipinski definition) is 10. The van der Waals surface area contributed by atoms with Gasteiger partial charge in [0.05, 0.1) is 25.1 Å². The summed E-state index contributed by atoms with van der Waals surface area (Å²) in [5.41, 5.74) is 8.17. The van der Waals surface area contributed by atoms with Crippen LogP contribution in [0.5, 0.6) is 5.75 Å². The molecule has 0 aliphatic heterocycles. The van der Waals surface area contributed by atoms with Crippen molar-refractivity contribution in [3.8, 4) is 5.75 Å². The number of methoxy groups -OCH3 is 1. The number of nitrogens with one attached hydrogen (secondary N) is 3. The molecule has 2 fully saturated rings. The van der Waals surface area contributed by atoms with Crippen molar-refractivity contribution < 1.29 is 21.9 Å². The number of nitrogen functional groups attached to an aromatic ring is 1. The van der Waals surface area contributed by atoms with Crippen LogP contribution < -0.4 is 37.7 Å². The third-order valence-electron chi connectivity index (χ3n) is 12.9. The number of anilines is 2. The summed E-state index contributed by atoms with van der Waals surface area (Å²) in [5, 5.41) is 0. The van der Waals surface area contributed by atoms with Gasteiger partial charge in [-0.05, 0) is 97.2 Å². The highest BCUT2D eigenvalue weighted by Crippen LogP contribution is 2.32. The molecule has 4 heterocycles. The highest BCUT2D eigenvalue weighted by Gasteiger charge is 2.28. The van der Waals surface area contributed by atoms with E-state index in [-0.39, 0.29) is 40.2 Å². The topological polar surface area (TPSA) is 227 Å². The summed E-state index contributed by atoms with van der Waals surface area (Å²) in [6, 6.07) is 32.6. The summed E-state index contributed by atoms with van der Waals surface area (Å²) < 4.78 is 67.1. The minimum absolute atomic E-state index is 0.0751. The van der Waals surface area contributed by atoms with Crippen molar-refractivity contribution in [2.24, 2.45) is 11.8 Å². The quantitative estimate of drug-likeness (QED) is 0.0765. The maximum atomic E-state index is 14.4. The number of fused-ring (bicyclic) bond motifs is 2. The molecule has 11 rings (SSSR count). The Kier molecular flexibility index (Phi) is 13.2. The summed E-state index contributed by atoms with van der Waals surface area (Å²) in [6.07, 6.45) is 4.85. The minimum atomic E-state index is -3.82. The number of nitrogens with two attached hydrogens (primary N) is 1. The van der Waals surface area contributed by atoms with Gasteiger partial charge in [-0.15, -0.1) is 0 Å². The number of imidazole rings is 2. The van der Waals surface area contributed by atoms with Crippen molar-refractivity contribution in [3.63, 3.8) is 0 Å². The van der Waals surface area contributed by atoms with E-state index in [0.29, 0.717) is 77.8 Å². The van der Waals surface area contributed by atoms with Gasteiger partial charge in [0.2, 0.25) is 0 Å². The lowest BCUT2D eigenvalue weighted by molar-refractivity contribution is 0.413. The summed E-state index contributed by atoms with van der Waals surface area (Å²) in [4.78, 5) is 68.7. The molecule has 0 saturated heterocycles. The van der Waals surface area contributed by atoms with Gasteiger partial charge in [0.1, 0.15) is 40.1 Å². The van der Waals surface area contributed by atoms with E-state index in [1.807, 2.05) is 24.3 Å². The van der Waals surface area contributed by atoms with Crippen LogP contribution in [0.1, 0.15) is 59.6 Å². The van der Waals surface area contributed by atoms with Gasteiger partial charge in [-0.1, -0.05) is 66.7 Å². The SMILES string of the molecule is COc1cccc(S(=O)(=O)Nc2ccc(Cc3nc4c([nH]3)c(=O)n(Cc3ccccc3F)c(=O)n4CC3CC3)cc2)c1.Nc1ccc(Cc2nc3c([nH]2)c(=O)n(Cc2ccccc2F)c(=O)n3CC2CC2)cc1. The standard InChI is InChI=1S/C30H28FN5O5S.C23H22FN5O2/c1-41-23-6-4-7-24(16-23)42(39,40)34-22-13-11-19(12-14-22)15-26-32-27-28(33-26)35(17-20-9-10-20)30(38)36(29(27)37)18-21-5-2-3-8-25(21)31;24-18-4-2-1-3-16(18)13-29-22(30)20-21(28(23(29)31)12-15-5-6-15)27-19(26-20)11-14-7-9-17(25)10-8-14/h2-8,11-14,16,20,34H,9-10,15,17-18H2,1H3,(H,32,33);1-4,7-10,15H,5-6,11-13,25H2,(H,26,27). The minimum Gasteiger partial charge on any atom is -0.497 e. The summed E-state index contributed by atoms with van der Waals surface area (Å²) >= 11 is 0. The Morgan fingerprint density at radius 1 is 0.630 bits per heavy atom. The Morgan fingerprint density at radius 3 is 1.55 bits per heavy atom. The molecule has 9 aromatic rings. The molecule has 0 amide bonds. The molecule has 0 atom stereocenters. The summed E-state index contributed by atoms with van der Waals surface area (Å²) in [5.74, 6) is 1.29. The molecule has 5 aromatic carbocycles. The maximum absolute atomic E-state index is 14.4. The lowest BCUT2D eigenvalue weighted by Crippen LogP contribution is -2.40. The zero-order valence-corrected chi connectivity index (χ0v) is 40.4. The van der Waals surface area contributed by atoms with Crippen molar-refractivity contribution >= 4 is 43.7 Å². The van der Waals surface area contributed by atoms with E-state index in [0.717, 1.165) is 45.9 Å². The second kappa shape index (κ2) is 20.0. The largest absolute Gasteiger partial charge is 0.497 e. The van der Waals surface area contributed by atoms with Crippen molar-refractivity contribution in [2.45, 2.75) is 69.6 Å². The number of hydrogen-bond donors (Lipinski definition) is 4. The Morgan fingerprint density at radius 2 is 1.10 bits per heavy atom. The lowest BCUT2D eigenvalue weighted by Gasteiger charge is -2.11. The fraction of sp³-hybridized carbons (Fsp3) is 0.245. The van der Waals surface area contributed by atoms with Gasteiger partial charge in [0.25, 0.3) is 21.1 Å². The van der Waals surface area contributed by atoms with Crippen molar-refractivity contribution in [1.82, 2.24) is 38.2 Å². The van der Waals surface area contributed by atoms with E-state index in [9.17, 15) is 36.4 Å². The van der Waals surface area contributed by atoms with Crippen molar-refractivity contribution in [2.75, 3.05) is 17.6 Å². The first-order valence-electron chi connectivity index (χ1n) is 23.7. The number of aromatic nitrogens is 8. The van der Waals surface area contributed by atoms with Crippen LogP contribution in [0, 0.1) is 23.5 Å². The fourth-order valence-electron chi connectivity index (χ4n) is 8.61. The first-order valence-corrected chi connectivity index (χ1v) is 25.2. The third-order valence-corrected chi connectivity index (χ3v) is 14.3. The van der Waals surface area contributed by atoms with E-state index >= 15 is 0 Å². The highest BCUT2D eigenvalue weighted by molar-refractivity contribution is 7.92. The van der Waals surface area contributed by atoms with Gasteiger partial charge in [0, 0.05) is 54.5 Å². The van der Waals surface area contributed by atoms with Crippen LogP contribution >= 0.6 is 0 Å². The second-order valence-corrected chi connectivity index (χ2v) is 20.2. The van der Waals surface area contributed by atoms with Crippen LogP contribution in [-0.2, 0) is 49.0 Å². The molecule has 2 saturated carbocycles. The second-order valence-electron chi connectivity index (χ2n) is 18.5. The van der Waals surface area contributed by atoms with E-state index in [1.54, 1.807) is 77.4 Å². The summed E-state index contributed by atoms with van der Waals surface area (Å²) in [6.45, 7) is 0.613. The van der Waals surface area contributed by atoms with E-state index in [1.165, 1.54) is 35.9 Å². The molecule has 0 unspecified atom stereocenters. The van der Waals surface area contributed by atoms with E-state index < -0.39 is 44.2 Å². The van der Waals surface area contributed by atoms with Crippen LogP contribution in [0.2, 0.25) is 0 Å². The molecule has 5 N–H and O–H groups in total. The highest BCUT2D eigenvalue weighted by atomic mass is 32.2. The predicted molar refractivity (Wildman–Crippen MR) is 272 cm³/mol. The fourth-order valence-corrected chi connectivity index (χ4v) is 9.70.